The Kier molecular flexibility index (Phi) is 19.3. The molecule has 2 atom stereocenters. The van der Waals surface area contributed by atoms with Crippen molar-refractivity contribution in [2.75, 3.05) is 26.3 Å². The van der Waals surface area contributed by atoms with Gasteiger partial charge in [-0.2, -0.15) is 0 Å². The van der Waals surface area contributed by atoms with Crippen LogP contribution in [0, 0.1) is 0 Å². The number of benzene rings is 2. The summed E-state index contributed by atoms with van der Waals surface area (Å²) in [7, 11) is 0. The van der Waals surface area contributed by atoms with Crippen molar-refractivity contribution in [2.45, 2.75) is 71.8 Å². The van der Waals surface area contributed by atoms with E-state index in [2.05, 4.69) is 0 Å². The number of hydrogen-bond acceptors (Lipinski definition) is 7. The molecule has 2 heterocycles. The fourth-order valence-electron chi connectivity index (χ4n) is 5.10. The third kappa shape index (κ3) is 13.9. The van der Waals surface area contributed by atoms with E-state index in [-0.39, 0.29) is 81.1 Å². The SMILES string of the molecule is CC1C/C(=C/CO)CCN1C(=O)OCc1ccccc1.CCOC(=O)/C=C1\CCN(C(=O)OCc2ccccc2)C(C)C1.[AlH3].[H-].[Li+]. The van der Waals surface area contributed by atoms with E-state index >= 15 is 0 Å². The van der Waals surface area contributed by atoms with Gasteiger partial charge in [-0.05, 0) is 57.6 Å². The Hall–Kier alpha value is -2.98. The monoisotopic (exact) mass is 630 g/mol. The number of piperidine rings is 2. The zero-order chi connectivity index (χ0) is 31.0. The summed E-state index contributed by atoms with van der Waals surface area (Å²) in [5.41, 5.74) is 4.19. The van der Waals surface area contributed by atoms with Gasteiger partial charge in [0.2, 0.25) is 0 Å². The Morgan fingerprint density at radius 3 is 1.67 bits per heavy atom. The number of esters is 1. The van der Waals surface area contributed by atoms with E-state index in [1.807, 2.05) is 80.6 Å². The minimum Gasteiger partial charge on any atom is -1.00 e. The summed E-state index contributed by atoms with van der Waals surface area (Å²) >= 11 is 0. The number of ether oxygens (including phenoxy) is 3. The summed E-state index contributed by atoms with van der Waals surface area (Å²) in [6.07, 6.45) is 5.77. The zero-order valence-corrected chi connectivity index (χ0v) is 26.4. The largest absolute Gasteiger partial charge is 1.00 e. The predicted molar refractivity (Wildman–Crippen MR) is 175 cm³/mol. The number of hydrogen-bond donors (Lipinski definition) is 1. The first-order valence-corrected chi connectivity index (χ1v) is 14.9. The molecule has 4 rings (SSSR count). The molecule has 2 aliphatic rings. The average molecular weight is 631 g/mol. The van der Waals surface area contributed by atoms with Crippen molar-refractivity contribution in [2.24, 2.45) is 0 Å². The molecule has 0 bridgehead atoms. The number of rotatable bonds is 7. The van der Waals surface area contributed by atoms with Gasteiger partial charge in [-0.1, -0.05) is 77.9 Å². The number of amides is 2. The van der Waals surface area contributed by atoms with Gasteiger partial charge in [-0.25, -0.2) is 14.4 Å². The molecule has 11 heteroatoms. The molecule has 2 fully saturated rings. The molecule has 2 aliphatic heterocycles. The quantitative estimate of drug-likeness (QED) is 0.164. The topological polar surface area (TPSA) is 106 Å². The van der Waals surface area contributed by atoms with Gasteiger partial charge in [-0.3, -0.25) is 0 Å². The van der Waals surface area contributed by atoms with E-state index < -0.39 is 0 Å². The summed E-state index contributed by atoms with van der Waals surface area (Å²) in [5, 5.41) is 8.91. The average Bonchev–Trinajstić information content (AvgIpc) is 3.00. The molecule has 0 saturated carbocycles. The fourth-order valence-corrected chi connectivity index (χ4v) is 5.10. The second-order valence-electron chi connectivity index (χ2n) is 10.7. The summed E-state index contributed by atoms with van der Waals surface area (Å²) < 4.78 is 15.6. The maximum Gasteiger partial charge on any atom is 1.00 e. The van der Waals surface area contributed by atoms with Gasteiger partial charge in [-0.15, -0.1) is 0 Å². The van der Waals surface area contributed by atoms with Crippen LogP contribution in [0.1, 0.15) is 59.0 Å². The zero-order valence-electron chi connectivity index (χ0n) is 27.4. The van der Waals surface area contributed by atoms with Crippen LogP contribution in [0.5, 0.6) is 0 Å². The molecule has 2 saturated heterocycles. The maximum absolute atomic E-state index is 12.2. The molecule has 2 unspecified atom stereocenters. The first-order valence-electron chi connectivity index (χ1n) is 14.9. The van der Waals surface area contributed by atoms with Crippen LogP contribution in [0.25, 0.3) is 0 Å². The number of carbonyl (C=O) groups is 3. The Labute approximate surface area is 291 Å². The Morgan fingerprint density at radius 1 is 0.800 bits per heavy atom. The summed E-state index contributed by atoms with van der Waals surface area (Å²) in [6, 6.07) is 19.4. The van der Waals surface area contributed by atoms with Crippen molar-refractivity contribution in [3.63, 3.8) is 0 Å². The van der Waals surface area contributed by atoms with Crippen LogP contribution >= 0.6 is 0 Å². The van der Waals surface area contributed by atoms with E-state index in [1.165, 1.54) is 5.57 Å². The predicted octanol–water partition coefficient (Wildman–Crippen LogP) is 1.96. The van der Waals surface area contributed by atoms with Crippen LogP contribution in [0.15, 0.2) is 84.0 Å². The van der Waals surface area contributed by atoms with Crippen LogP contribution in [-0.4, -0.2) is 88.8 Å². The molecule has 45 heavy (non-hydrogen) atoms. The molecule has 0 aliphatic carbocycles. The van der Waals surface area contributed by atoms with Gasteiger partial charge >= 0.3 is 37.0 Å². The molecule has 0 radical (unpaired) electrons. The van der Waals surface area contributed by atoms with E-state index in [4.69, 9.17) is 19.3 Å². The second-order valence-corrected chi connectivity index (χ2v) is 10.7. The van der Waals surface area contributed by atoms with Crippen LogP contribution in [0.2, 0.25) is 0 Å². The van der Waals surface area contributed by atoms with Crippen molar-refractivity contribution in [1.82, 2.24) is 9.80 Å². The van der Waals surface area contributed by atoms with Crippen molar-refractivity contribution < 1.29 is 54.0 Å². The van der Waals surface area contributed by atoms with Gasteiger partial charge in [0.1, 0.15) is 13.2 Å². The van der Waals surface area contributed by atoms with Crippen molar-refractivity contribution in [3.05, 3.63) is 95.1 Å². The minimum absolute atomic E-state index is 0. The first-order chi connectivity index (χ1) is 20.8. The van der Waals surface area contributed by atoms with Crippen molar-refractivity contribution in [1.29, 1.82) is 0 Å². The third-order valence-electron chi connectivity index (χ3n) is 7.39. The molecule has 0 spiro atoms. The summed E-state index contributed by atoms with van der Waals surface area (Å²) in [4.78, 5) is 39.3. The summed E-state index contributed by atoms with van der Waals surface area (Å²) in [5.74, 6) is -0.310. The molecule has 9 nitrogen and oxygen atoms in total. The van der Waals surface area contributed by atoms with Gasteiger partial charge in [0.05, 0.1) is 13.2 Å². The number of aliphatic hydroxyl groups is 1. The number of aliphatic hydroxyl groups excluding tert-OH is 1. The number of likely N-dealkylation sites (tertiary alicyclic amines) is 2. The van der Waals surface area contributed by atoms with Gasteiger partial charge < -0.3 is 30.5 Å². The van der Waals surface area contributed by atoms with Crippen LogP contribution in [0.4, 0.5) is 9.59 Å². The number of carbonyl (C=O) groups excluding carboxylic acids is 3. The maximum atomic E-state index is 12.2. The van der Waals surface area contributed by atoms with E-state index in [9.17, 15) is 14.4 Å². The Morgan fingerprint density at radius 2 is 1.24 bits per heavy atom. The smallest absolute Gasteiger partial charge is 1.00 e. The third-order valence-corrected chi connectivity index (χ3v) is 7.39. The molecule has 2 amide bonds. The minimum atomic E-state index is -0.310. The fraction of sp³-hybridized carbons (Fsp3) is 0.441. The van der Waals surface area contributed by atoms with Crippen LogP contribution < -0.4 is 18.9 Å². The number of nitrogens with zero attached hydrogens (tertiary/aromatic N) is 2. The normalized spacial score (nSPS) is 19.3. The van der Waals surface area contributed by atoms with Crippen LogP contribution in [0.3, 0.4) is 0 Å². The van der Waals surface area contributed by atoms with Gasteiger partial charge in [0, 0.05) is 31.2 Å². The molecule has 0 aromatic heterocycles. The molecular weight excluding hydrogens is 582 g/mol. The second kappa shape index (κ2) is 21.7. The summed E-state index contributed by atoms with van der Waals surface area (Å²) in [6.45, 7) is 7.98. The molecule has 1 N–H and O–H groups in total. The Bertz CT molecular complexity index is 1250. The Balaban J connectivity index is 0.000000833. The molecule has 240 valence electrons. The van der Waals surface area contributed by atoms with Crippen molar-refractivity contribution >= 4 is 35.5 Å². The van der Waals surface area contributed by atoms with Crippen molar-refractivity contribution in [3.8, 4) is 0 Å². The molecule has 2 aromatic rings. The standard InChI is InChI=1S/C18H23NO4.C16H21NO3.Al.Li.4H/c1-3-22-17(20)12-16-9-10-19(14(2)11-16)18(21)23-13-15-7-5-4-6-8-15;1-13-11-14(8-10-18)7-9-17(13)16(19)20-12-15-5-3-2-4-6-15;;;;;;/h4-8,12,14H,3,9-11,13H2,1-2H3;2-6,8,13,18H,7,9-12H2,1H3;;;;;;/q;;;+1;;;;-1/b16-12+;14-8+;;;;;;. The molecular formula is C34H48AlLiN2O7. The van der Waals surface area contributed by atoms with E-state index in [0.717, 1.165) is 29.5 Å². The molecule has 2 aromatic carbocycles. The van der Waals surface area contributed by atoms with E-state index in [1.54, 1.807) is 22.8 Å². The van der Waals surface area contributed by atoms with Gasteiger partial charge in [0.25, 0.3) is 0 Å². The first kappa shape index (κ1) is 40.0. The van der Waals surface area contributed by atoms with Gasteiger partial charge in [0.15, 0.2) is 17.4 Å². The van der Waals surface area contributed by atoms with Crippen LogP contribution in [-0.2, 0) is 32.2 Å². The van der Waals surface area contributed by atoms with E-state index in [0.29, 0.717) is 39.1 Å².